The molecule has 0 saturated heterocycles. The number of aliphatic carboxylic acids is 1. The average molecular weight is 275 g/mol. The molecule has 0 fully saturated rings. The molecule has 0 aliphatic heterocycles. The van der Waals surface area contributed by atoms with Crippen LogP contribution in [0.4, 0.5) is 4.39 Å². The summed E-state index contributed by atoms with van der Waals surface area (Å²) in [6.45, 7) is 0. The van der Waals surface area contributed by atoms with Crippen molar-refractivity contribution >= 4 is 5.97 Å². The van der Waals surface area contributed by atoms with Gasteiger partial charge in [0, 0.05) is 18.0 Å². The predicted molar refractivity (Wildman–Crippen MR) is 68.2 cm³/mol. The van der Waals surface area contributed by atoms with Crippen LogP contribution in [0.1, 0.15) is 18.0 Å². The molecule has 5 heteroatoms. The fourth-order valence-electron chi connectivity index (χ4n) is 1.79. The molecule has 4 nitrogen and oxygen atoms in total. The lowest BCUT2D eigenvalue weighted by Crippen LogP contribution is -2.55. The molecule has 2 aromatic carbocycles. The molecule has 0 bridgehead atoms. The highest BCUT2D eigenvalue weighted by molar-refractivity contribution is 5.65. The van der Waals surface area contributed by atoms with E-state index in [1.165, 1.54) is 18.2 Å². The molecule has 0 spiro atoms. The maximum Gasteiger partial charge on any atom is 0.165 e. The third-order valence-electron chi connectivity index (χ3n) is 2.81. The van der Waals surface area contributed by atoms with Gasteiger partial charge in [0.15, 0.2) is 11.6 Å². The molecule has 0 heterocycles. The molecule has 0 radical (unpaired) electrons. The summed E-state index contributed by atoms with van der Waals surface area (Å²) in [5.74, 6) is -1.16. The van der Waals surface area contributed by atoms with Gasteiger partial charge in [0.2, 0.25) is 0 Å². The zero-order valence-corrected chi connectivity index (χ0v) is 10.7. The number of benzene rings is 2. The summed E-state index contributed by atoms with van der Waals surface area (Å²) in [7, 11) is 0. The number of ether oxygens (including phenoxy) is 1. The van der Waals surface area contributed by atoms with E-state index in [-0.39, 0.29) is 12.2 Å². The first-order valence-corrected chi connectivity index (χ1v) is 6.11. The molecule has 0 saturated carbocycles. The normalized spacial score (nSPS) is 11.9. The van der Waals surface area contributed by atoms with Crippen LogP contribution in [0.3, 0.4) is 0 Å². The average Bonchev–Trinajstić information content (AvgIpc) is 2.41. The fraction of sp³-hybridized carbons (Fsp3) is 0.133. The highest BCUT2D eigenvalue weighted by Gasteiger charge is 2.14. The van der Waals surface area contributed by atoms with Gasteiger partial charge in [-0.15, -0.1) is 0 Å². The molecule has 0 unspecified atom stereocenters. The lowest BCUT2D eigenvalue weighted by molar-refractivity contribution is -0.430. The molecular weight excluding hydrogens is 261 g/mol. The molecule has 0 amide bonds. The summed E-state index contributed by atoms with van der Waals surface area (Å²) in [5.41, 5.74) is 4.31. The number of hydrogen-bond donors (Lipinski definition) is 1. The monoisotopic (exact) mass is 275 g/mol. The van der Waals surface area contributed by atoms with Gasteiger partial charge in [0.05, 0.1) is 0 Å². The molecule has 104 valence electrons. The molecular formula is C15H14FNO3. The minimum Gasteiger partial charge on any atom is -0.550 e. The highest BCUT2D eigenvalue weighted by atomic mass is 19.1. The van der Waals surface area contributed by atoms with Gasteiger partial charge in [-0.3, -0.25) is 0 Å². The minimum absolute atomic E-state index is 0.0423. The number of hydrogen-bond acceptors (Lipinski definition) is 3. The third kappa shape index (κ3) is 3.55. The van der Waals surface area contributed by atoms with Gasteiger partial charge in [-0.1, -0.05) is 18.2 Å². The topological polar surface area (TPSA) is 77.0 Å². The van der Waals surface area contributed by atoms with E-state index in [0.29, 0.717) is 11.3 Å². The second kappa shape index (κ2) is 6.16. The molecule has 20 heavy (non-hydrogen) atoms. The van der Waals surface area contributed by atoms with Gasteiger partial charge in [0.1, 0.15) is 11.8 Å². The fourth-order valence-corrected chi connectivity index (χ4v) is 1.79. The number of carbonyl (C=O) groups excluding carboxylic acids is 1. The Kier molecular flexibility index (Phi) is 4.32. The van der Waals surface area contributed by atoms with Crippen LogP contribution >= 0.6 is 0 Å². The molecule has 2 aromatic rings. The number of rotatable bonds is 5. The number of carboxylic acid groups (broad SMARTS) is 1. The third-order valence-corrected chi connectivity index (χ3v) is 2.81. The first-order chi connectivity index (χ1) is 9.56. The largest absolute Gasteiger partial charge is 0.550 e. The van der Waals surface area contributed by atoms with Crippen LogP contribution in [-0.4, -0.2) is 5.97 Å². The molecule has 3 N–H and O–H groups in total. The second-order valence-electron chi connectivity index (χ2n) is 4.38. The molecule has 0 aliphatic rings. The van der Waals surface area contributed by atoms with Gasteiger partial charge in [0.25, 0.3) is 0 Å². The van der Waals surface area contributed by atoms with E-state index in [0.717, 1.165) is 0 Å². The van der Waals surface area contributed by atoms with Crippen LogP contribution in [0.25, 0.3) is 0 Å². The summed E-state index contributed by atoms with van der Waals surface area (Å²) < 4.78 is 19.1. The van der Waals surface area contributed by atoms with Gasteiger partial charge < -0.3 is 20.4 Å². The Hall–Kier alpha value is -2.40. The Bertz CT molecular complexity index is 601. The lowest BCUT2D eigenvalue weighted by atomic mass is 10.0. The van der Waals surface area contributed by atoms with Crippen molar-refractivity contribution in [1.82, 2.24) is 0 Å². The summed E-state index contributed by atoms with van der Waals surface area (Å²) in [4.78, 5) is 10.6. The standard InChI is InChI=1S/C15H14FNO3/c16-12-7-6-10(13(17)9-15(18)19)8-14(12)20-11-4-2-1-3-5-11/h1-8,13H,9,17H2,(H,18,19)/t13-/m0/s1. The number of halogens is 1. The van der Waals surface area contributed by atoms with E-state index in [9.17, 15) is 14.3 Å². The maximum atomic E-state index is 13.7. The first-order valence-electron chi connectivity index (χ1n) is 6.11. The van der Waals surface area contributed by atoms with Crippen LogP contribution in [0.15, 0.2) is 48.5 Å². The number of carboxylic acids is 1. The Morgan fingerprint density at radius 1 is 1.25 bits per heavy atom. The zero-order valence-electron chi connectivity index (χ0n) is 10.7. The smallest absolute Gasteiger partial charge is 0.165 e. The first kappa shape index (κ1) is 14.0. The van der Waals surface area contributed by atoms with Crippen molar-refractivity contribution < 1.29 is 24.8 Å². The summed E-state index contributed by atoms with van der Waals surface area (Å²) in [6, 6.07) is 12.5. The molecule has 2 rings (SSSR count). The van der Waals surface area contributed by atoms with Crippen molar-refractivity contribution in [2.24, 2.45) is 0 Å². The van der Waals surface area contributed by atoms with Crippen molar-refractivity contribution in [2.75, 3.05) is 0 Å². The number of carbonyl (C=O) groups is 1. The van der Waals surface area contributed by atoms with Gasteiger partial charge in [-0.05, 0) is 30.3 Å². The van der Waals surface area contributed by atoms with Crippen LogP contribution in [0.2, 0.25) is 0 Å². The van der Waals surface area contributed by atoms with Gasteiger partial charge >= 0.3 is 0 Å². The van der Waals surface area contributed by atoms with Crippen LogP contribution < -0.4 is 15.6 Å². The van der Waals surface area contributed by atoms with Crippen molar-refractivity contribution in [1.29, 1.82) is 0 Å². The second-order valence-corrected chi connectivity index (χ2v) is 4.38. The van der Waals surface area contributed by atoms with E-state index in [4.69, 9.17) is 4.74 Å². The van der Waals surface area contributed by atoms with Gasteiger partial charge in [-0.2, -0.15) is 0 Å². The van der Waals surface area contributed by atoms with Crippen molar-refractivity contribution in [3.63, 3.8) is 0 Å². The van der Waals surface area contributed by atoms with Crippen LogP contribution in [0, 0.1) is 5.82 Å². The Morgan fingerprint density at radius 2 is 1.95 bits per heavy atom. The lowest BCUT2D eigenvalue weighted by Gasteiger charge is -2.12. The molecule has 0 aliphatic carbocycles. The number of quaternary nitrogens is 1. The van der Waals surface area contributed by atoms with E-state index >= 15 is 0 Å². The van der Waals surface area contributed by atoms with E-state index in [1.54, 1.807) is 24.3 Å². The van der Waals surface area contributed by atoms with Gasteiger partial charge in [-0.25, -0.2) is 4.39 Å². The summed E-state index contributed by atoms with van der Waals surface area (Å²) in [6.07, 6.45) is -0.226. The van der Waals surface area contributed by atoms with E-state index in [2.05, 4.69) is 5.73 Å². The maximum absolute atomic E-state index is 13.7. The van der Waals surface area contributed by atoms with Crippen LogP contribution in [-0.2, 0) is 4.79 Å². The SMILES string of the molecule is [NH3+][C@@H](CC(=O)[O-])c1ccc(F)c(Oc2ccccc2)c1. The van der Waals surface area contributed by atoms with Crippen molar-refractivity contribution in [3.05, 3.63) is 59.9 Å². The minimum atomic E-state index is -1.19. The highest BCUT2D eigenvalue weighted by Crippen LogP contribution is 2.27. The van der Waals surface area contributed by atoms with Crippen molar-refractivity contribution in [3.8, 4) is 11.5 Å². The Labute approximate surface area is 115 Å². The quantitative estimate of drug-likeness (QED) is 0.885. The molecule has 1 atom stereocenters. The van der Waals surface area contributed by atoms with Crippen molar-refractivity contribution in [2.45, 2.75) is 12.5 Å². The summed E-state index contributed by atoms with van der Waals surface area (Å²) in [5, 5.41) is 10.6. The Morgan fingerprint density at radius 3 is 2.60 bits per heavy atom. The number of para-hydroxylation sites is 1. The molecule has 0 aromatic heterocycles. The zero-order chi connectivity index (χ0) is 14.5. The summed E-state index contributed by atoms with van der Waals surface area (Å²) >= 11 is 0. The van der Waals surface area contributed by atoms with E-state index < -0.39 is 17.8 Å². The predicted octanol–water partition coefficient (Wildman–Crippen LogP) is 1.04. The van der Waals surface area contributed by atoms with E-state index in [1.807, 2.05) is 6.07 Å². The Balaban J connectivity index is 2.23. The van der Waals surface area contributed by atoms with Crippen LogP contribution in [0.5, 0.6) is 11.5 Å².